The number of halogens is 6. The summed E-state index contributed by atoms with van der Waals surface area (Å²) in [6, 6.07) is 7.75. The number of benzene rings is 2. The Balaban J connectivity index is 2.71. The molecule has 0 aromatic heterocycles. The number of anilines is 1. The molecule has 0 saturated carbocycles. The molecule has 2 amide bonds. The second-order valence-electron chi connectivity index (χ2n) is 7.90. The number of methoxy groups -OCH3 is 1. The minimum absolute atomic E-state index is 0.0206. The van der Waals surface area contributed by atoms with Gasteiger partial charge in [-0.1, -0.05) is 29.3 Å². The fraction of sp³-hybridized carbons (Fsp3) is 0.304. The van der Waals surface area contributed by atoms with Crippen molar-refractivity contribution < 1.29 is 32.2 Å². The molecular weight excluding hydrogens is 623 g/mol. The van der Waals surface area contributed by atoms with Gasteiger partial charge in [-0.3, -0.25) is 9.59 Å². The van der Waals surface area contributed by atoms with Crippen molar-refractivity contribution in [3.05, 3.63) is 67.2 Å². The molecule has 35 heavy (non-hydrogen) atoms. The quantitative estimate of drug-likeness (QED) is 0.331. The minimum atomic E-state index is -4.81. The average Bonchev–Trinajstić information content (AvgIpc) is 2.72. The standard InChI is InChI=1S/C23H22Cl2F3IN2O4/c1-22(2,12-34-3)31(21(33)14-5-4-6-16(29)19(14)20(30)32)13-7-8-17(35-10-9-18(24)25)15(11-13)23(26,27)28/h4-9,11H,10,12H2,1-3H3,(H2,30,32). The Morgan fingerprint density at radius 1 is 1.17 bits per heavy atom. The highest BCUT2D eigenvalue weighted by Crippen LogP contribution is 2.40. The van der Waals surface area contributed by atoms with Crippen LogP contribution in [0.2, 0.25) is 0 Å². The molecule has 12 heteroatoms. The largest absolute Gasteiger partial charge is 0.489 e. The third kappa shape index (κ3) is 7.25. The van der Waals surface area contributed by atoms with E-state index in [2.05, 4.69) is 0 Å². The molecule has 0 aliphatic carbocycles. The first-order valence-corrected chi connectivity index (χ1v) is 11.8. The lowest BCUT2D eigenvalue weighted by Gasteiger charge is -2.39. The predicted molar refractivity (Wildman–Crippen MR) is 137 cm³/mol. The first-order chi connectivity index (χ1) is 16.2. The van der Waals surface area contributed by atoms with Gasteiger partial charge in [0.1, 0.15) is 16.8 Å². The molecule has 2 aromatic rings. The lowest BCUT2D eigenvalue weighted by Crippen LogP contribution is -2.51. The van der Waals surface area contributed by atoms with Gasteiger partial charge >= 0.3 is 6.18 Å². The van der Waals surface area contributed by atoms with Crippen LogP contribution in [0.3, 0.4) is 0 Å². The summed E-state index contributed by atoms with van der Waals surface area (Å²) in [4.78, 5) is 27.0. The van der Waals surface area contributed by atoms with Crippen LogP contribution < -0.4 is 15.4 Å². The lowest BCUT2D eigenvalue weighted by atomic mass is 9.98. The van der Waals surface area contributed by atoms with Crippen molar-refractivity contribution in [2.75, 3.05) is 25.2 Å². The van der Waals surface area contributed by atoms with E-state index in [-0.39, 0.29) is 34.5 Å². The summed E-state index contributed by atoms with van der Waals surface area (Å²) in [5, 5.41) is 0. The highest BCUT2D eigenvalue weighted by Gasteiger charge is 2.39. The fourth-order valence-electron chi connectivity index (χ4n) is 3.43. The Labute approximate surface area is 224 Å². The molecule has 2 rings (SSSR count). The van der Waals surface area contributed by atoms with Gasteiger partial charge in [0.15, 0.2) is 0 Å². The summed E-state index contributed by atoms with van der Waals surface area (Å²) < 4.78 is 52.5. The topological polar surface area (TPSA) is 81.9 Å². The van der Waals surface area contributed by atoms with Crippen molar-refractivity contribution in [3.63, 3.8) is 0 Å². The second-order valence-corrected chi connectivity index (χ2v) is 10.1. The number of hydrogen-bond donors (Lipinski definition) is 1. The zero-order valence-electron chi connectivity index (χ0n) is 18.9. The van der Waals surface area contributed by atoms with Gasteiger partial charge in [-0.15, -0.1) is 0 Å². The summed E-state index contributed by atoms with van der Waals surface area (Å²) in [5.74, 6) is -2.04. The zero-order valence-corrected chi connectivity index (χ0v) is 22.6. The molecule has 190 valence electrons. The number of carbonyl (C=O) groups is 2. The van der Waals surface area contributed by atoms with E-state index in [0.717, 1.165) is 17.0 Å². The molecule has 0 fully saturated rings. The smallest absolute Gasteiger partial charge is 0.420 e. The Morgan fingerprint density at radius 3 is 2.37 bits per heavy atom. The van der Waals surface area contributed by atoms with Gasteiger partial charge in [-0.05, 0) is 72.8 Å². The van der Waals surface area contributed by atoms with Crippen LogP contribution in [0.1, 0.15) is 40.1 Å². The molecule has 0 spiro atoms. The molecule has 2 N–H and O–H groups in total. The van der Waals surface area contributed by atoms with Gasteiger partial charge in [-0.2, -0.15) is 13.2 Å². The van der Waals surface area contributed by atoms with E-state index in [1.165, 1.54) is 25.3 Å². The number of primary amides is 1. The molecule has 0 bridgehead atoms. The van der Waals surface area contributed by atoms with E-state index >= 15 is 0 Å². The Hall–Kier alpha value is -2.02. The molecule has 6 nitrogen and oxygen atoms in total. The maximum absolute atomic E-state index is 13.9. The van der Waals surface area contributed by atoms with Crippen LogP contribution in [0.5, 0.6) is 5.75 Å². The number of hydrogen-bond acceptors (Lipinski definition) is 4. The Kier molecular flexibility index (Phi) is 9.86. The molecule has 2 aromatic carbocycles. The first kappa shape index (κ1) is 29.2. The van der Waals surface area contributed by atoms with Crippen LogP contribution in [0.25, 0.3) is 0 Å². The van der Waals surface area contributed by atoms with E-state index in [0.29, 0.717) is 3.57 Å². The highest BCUT2D eigenvalue weighted by molar-refractivity contribution is 14.1. The van der Waals surface area contributed by atoms with E-state index in [4.69, 9.17) is 38.4 Å². The third-order valence-corrected chi connectivity index (χ3v) is 6.01. The average molecular weight is 645 g/mol. The number of ether oxygens (including phenoxy) is 2. The predicted octanol–water partition coefficient (Wildman–Crippen LogP) is 6.18. The SMILES string of the molecule is COCC(C)(C)N(C(=O)c1cccc(I)c1C(N)=O)c1ccc(OCC=C(Cl)Cl)c(C(F)(F)F)c1. The van der Waals surface area contributed by atoms with Crippen molar-refractivity contribution >= 4 is 63.3 Å². The van der Waals surface area contributed by atoms with Crippen LogP contribution in [0, 0.1) is 3.57 Å². The van der Waals surface area contributed by atoms with Crippen molar-refractivity contribution in [3.8, 4) is 5.75 Å². The van der Waals surface area contributed by atoms with Gasteiger partial charge in [0, 0.05) is 16.4 Å². The Bertz CT molecular complexity index is 1140. The van der Waals surface area contributed by atoms with Gasteiger partial charge < -0.3 is 20.1 Å². The second kappa shape index (κ2) is 11.8. The molecule has 0 aliphatic heterocycles. The number of amides is 2. The van der Waals surface area contributed by atoms with Crippen molar-refractivity contribution in [2.24, 2.45) is 5.73 Å². The summed E-state index contributed by atoms with van der Waals surface area (Å²) >= 11 is 12.9. The van der Waals surface area contributed by atoms with E-state index < -0.39 is 34.8 Å². The molecule has 0 heterocycles. The van der Waals surface area contributed by atoms with Crippen LogP contribution >= 0.6 is 45.8 Å². The normalized spacial score (nSPS) is 11.7. The van der Waals surface area contributed by atoms with E-state index in [9.17, 15) is 22.8 Å². The lowest BCUT2D eigenvalue weighted by molar-refractivity contribution is -0.138. The number of rotatable bonds is 9. The van der Waals surface area contributed by atoms with Crippen LogP contribution in [-0.2, 0) is 10.9 Å². The van der Waals surface area contributed by atoms with Crippen molar-refractivity contribution in [1.29, 1.82) is 0 Å². The molecule has 0 unspecified atom stereocenters. The van der Waals surface area contributed by atoms with Gasteiger partial charge in [0.2, 0.25) is 0 Å². The number of carbonyl (C=O) groups excluding carboxylic acids is 2. The maximum atomic E-state index is 13.9. The third-order valence-electron chi connectivity index (χ3n) is 4.80. The van der Waals surface area contributed by atoms with Crippen LogP contribution in [-0.4, -0.2) is 37.7 Å². The number of nitrogens with zero attached hydrogens (tertiary/aromatic N) is 1. The van der Waals surface area contributed by atoms with Gasteiger partial charge in [0.25, 0.3) is 11.8 Å². The minimum Gasteiger partial charge on any atom is -0.489 e. The number of alkyl halides is 3. The molecular formula is C23H22Cl2F3IN2O4. The van der Waals surface area contributed by atoms with Gasteiger partial charge in [0.05, 0.1) is 28.8 Å². The Morgan fingerprint density at radius 2 is 1.83 bits per heavy atom. The summed E-state index contributed by atoms with van der Waals surface area (Å²) in [6.07, 6.45) is -3.61. The monoisotopic (exact) mass is 644 g/mol. The molecule has 0 aliphatic rings. The van der Waals surface area contributed by atoms with E-state index in [1.54, 1.807) is 26.0 Å². The van der Waals surface area contributed by atoms with Crippen LogP contribution in [0.15, 0.2) is 47.0 Å². The van der Waals surface area contributed by atoms with Gasteiger partial charge in [-0.25, -0.2) is 0 Å². The summed E-state index contributed by atoms with van der Waals surface area (Å²) in [5.41, 5.74) is 3.10. The first-order valence-electron chi connectivity index (χ1n) is 9.97. The fourth-order valence-corrected chi connectivity index (χ4v) is 4.32. The molecule has 0 radical (unpaired) electrons. The number of nitrogens with two attached hydrogens (primary N) is 1. The van der Waals surface area contributed by atoms with Crippen molar-refractivity contribution in [1.82, 2.24) is 0 Å². The van der Waals surface area contributed by atoms with Crippen LogP contribution in [0.4, 0.5) is 18.9 Å². The maximum Gasteiger partial charge on any atom is 0.420 e. The summed E-state index contributed by atoms with van der Waals surface area (Å²) in [6.45, 7) is 2.93. The van der Waals surface area contributed by atoms with Crippen molar-refractivity contribution in [2.45, 2.75) is 25.6 Å². The van der Waals surface area contributed by atoms with E-state index in [1.807, 2.05) is 22.6 Å². The highest BCUT2D eigenvalue weighted by atomic mass is 127. The zero-order chi connectivity index (χ0) is 26.6. The molecule has 0 atom stereocenters. The summed E-state index contributed by atoms with van der Waals surface area (Å²) in [7, 11) is 1.40. The molecule has 0 saturated heterocycles.